The van der Waals surface area contributed by atoms with Gasteiger partial charge in [-0.05, 0) is 29.3 Å². The maximum absolute atomic E-state index is 11.7. The Morgan fingerprint density at radius 2 is 2.05 bits per heavy atom. The van der Waals surface area contributed by atoms with E-state index in [0.717, 1.165) is 17.4 Å². The number of carbonyl (C=O) groups excluding carboxylic acids is 2. The fraction of sp³-hybridized carbons (Fsp3) is 0.176. The van der Waals surface area contributed by atoms with Gasteiger partial charge in [0.2, 0.25) is 0 Å². The molecule has 0 aliphatic carbocycles. The highest BCUT2D eigenvalue weighted by atomic mass is 16.5. The van der Waals surface area contributed by atoms with Crippen molar-refractivity contribution in [1.29, 1.82) is 0 Å². The lowest BCUT2D eigenvalue weighted by Gasteiger charge is -2.13. The first-order chi connectivity index (χ1) is 10.2. The van der Waals surface area contributed by atoms with Gasteiger partial charge in [-0.15, -0.1) is 0 Å². The van der Waals surface area contributed by atoms with Crippen molar-refractivity contribution in [3.8, 4) is 5.75 Å². The molecule has 0 radical (unpaired) electrons. The highest BCUT2D eigenvalue weighted by Gasteiger charge is 2.25. The number of carbonyl (C=O) groups is 2. The van der Waals surface area contributed by atoms with Gasteiger partial charge in [0.25, 0.3) is 0 Å². The van der Waals surface area contributed by atoms with Crippen LogP contribution in [0.25, 0.3) is 0 Å². The van der Waals surface area contributed by atoms with Crippen molar-refractivity contribution in [1.82, 2.24) is 0 Å². The van der Waals surface area contributed by atoms with Gasteiger partial charge in [-0.2, -0.15) is 0 Å². The second kappa shape index (κ2) is 5.40. The fourth-order valence-corrected chi connectivity index (χ4v) is 2.61. The van der Waals surface area contributed by atoms with Crippen LogP contribution in [0.4, 0.5) is 0 Å². The zero-order valence-corrected chi connectivity index (χ0v) is 11.5. The van der Waals surface area contributed by atoms with Crippen molar-refractivity contribution in [3.63, 3.8) is 0 Å². The molecular formula is C17H14O4. The molecule has 0 saturated carbocycles. The minimum atomic E-state index is -0.441. The van der Waals surface area contributed by atoms with Crippen LogP contribution in [0.5, 0.6) is 5.75 Å². The molecule has 0 aromatic heterocycles. The van der Waals surface area contributed by atoms with Crippen LogP contribution in [-0.4, -0.2) is 19.4 Å². The Kier molecular flexibility index (Phi) is 3.44. The van der Waals surface area contributed by atoms with Crippen LogP contribution in [0.2, 0.25) is 0 Å². The summed E-state index contributed by atoms with van der Waals surface area (Å²) in [6, 6.07) is 12.7. The van der Waals surface area contributed by atoms with E-state index in [1.807, 2.05) is 24.3 Å². The highest BCUT2D eigenvalue weighted by molar-refractivity contribution is 5.90. The Balaban J connectivity index is 2.16. The van der Waals surface area contributed by atoms with Gasteiger partial charge >= 0.3 is 5.97 Å². The van der Waals surface area contributed by atoms with Crippen molar-refractivity contribution in [2.45, 2.75) is 12.5 Å². The average Bonchev–Trinajstić information content (AvgIpc) is 2.69. The number of benzene rings is 2. The molecule has 1 atom stereocenters. The molecule has 0 unspecified atom stereocenters. The standard InChI is InChI=1S/C17H14O4/c1-20-17(19)11-6-7-16-14(8-11)15(9-18)13-5-3-2-4-12(13)10-21-16/h2-9,15H,10H2,1H3/t15-/m0/s1. The Bertz CT molecular complexity index is 706. The molecule has 0 spiro atoms. The van der Waals surface area contributed by atoms with Crippen molar-refractivity contribution >= 4 is 12.3 Å². The van der Waals surface area contributed by atoms with Gasteiger partial charge in [-0.3, -0.25) is 0 Å². The van der Waals surface area contributed by atoms with E-state index in [1.165, 1.54) is 7.11 Å². The number of methoxy groups -OCH3 is 1. The number of hydrogen-bond donors (Lipinski definition) is 0. The molecule has 0 bridgehead atoms. The number of rotatable bonds is 2. The molecule has 1 aliphatic rings. The first-order valence-electron chi connectivity index (χ1n) is 6.62. The number of hydrogen-bond acceptors (Lipinski definition) is 4. The van der Waals surface area contributed by atoms with E-state index in [0.29, 0.717) is 23.5 Å². The van der Waals surface area contributed by atoms with Gasteiger partial charge in [-0.1, -0.05) is 24.3 Å². The summed E-state index contributed by atoms with van der Waals surface area (Å²) in [6.45, 7) is 0.408. The number of esters is 1. The molecule has 0 N–H and O–H groups in total. The molecule has 21 heavy (non-hydrogen) atoms. The molecule has 0 saturated heterocycles. The van der Waals surface area contributed by atoms with Crippen molar-refractivity contribution < 1.29 is 19.1 Å². The maximum atomic E-state index is 11.7. The lowest BCUT2D eigenvalue weighted by atomic mass is 9.89. The number of fused-ring (bicyclic) bond motifs is 2. The SMILES string of the molecule is COC(=O)c1ccc2c(c1)[C@@H](C=O)c1ccccc1CO2. The van der Waals surface area contributed by atoms with Crippen LogP contribution in [0.3, 0.4) is 0 Å². The smallest absolute Gasteiger partial charge is 0.337 e. The van der Waals surface area contributed by atoms with Crippen LogP contribution < -0.4 is 4.74 Å². The topological polar surface area (TPSA) is 52.6 Å². The molecule has 4 heteroatoms. The quantitative estimate of drug-likeness (QED) is 0.627. The zero-order valence-electron chi connectivity index (χ0n) is 11.5. The largest absolute Gasteiger partial charge is 0.489 e. The average molecular weight is 282 g/mol. The lowest BCUT2D eigenvalue weighted by molar-refractivity contribution is -0.108. The van der Waals surface area contributed by atoms with E-state index >= 15 is 0 Å². The fourth-order valence-electron chi connectivity index (χ4n) is 2.61. The Hall–Kier alpha value is -2.62. The van der Waals surface area contributed by atoms with Crippen LogP contribution in [0, 0.1) is 0 Å². The van der Waals surface area contributed by atoms with E-state index in [-0.39, 0.29) is 0 Å². The van der Waals surface area contributed by atoms with E-state index in [4.69, 9.17) is 9.47 Å². The second-order valence-electron chi connectivity index (χ2n) is 4.85. The van der Waals surface area contributed by atoms with E-state index in [9.17, 15) is 9.59 Å². The summed E-state index contributed by atoms with van der Waals surface area (Å²) in [6.07, 6.45) is 0.882. The van der Waals surface area contributed by atoms with Gasteiger partial charge in [-0.25, -0.2) is 4.79 Å². The van der Waals surface area contributed by atoms with Gasteiger partial charge in [0.15, 0.2) is 0 Å². The number of ether oxygens (including phenoxy) is 2. The molecule has 106 valence electrons. The van der Waals surface area contributed by atoms with Gasteiger partial charge < -0.3 is 14.3 Å². The van der Waals surface area contributed by atoms with E-state index < -0.39 is 11.9 Å². The van der Waals surface area contributed by atoms with Crippen LogP contribution >= 0.6 is 0 Å². The van der Waals surface area contributed by atoms with Gasteiger partial charge in [0, 0.05) is 5.56 Å². The first kappa shape index (κ1) is 13.4. The third-order valence-electron chi connectivity index (χ3n) is 3.68. The third-order valence-corrected chi connectivity index (χ3v) is 3.68. The van der Waals surface area contributed by atoms with Crippen LogP contribution in [0.1, 0.15) is 33.0 Å². The van der Waals surface area contributed by atoms with E-state index in [2.05, 4.69) is 0 Å². The minimum absolute atomic E-state index is 0.408. The molecule has 1 heterocycles. The summed E-state index contributed by atoms with van der Waals surface area (Å²) in [4.78, 5) is 23.3. The Morgan fingerprint density at radius 3 is 2.81 bits per heavy atom. The molecule has 2 aromatic carbocycles. The molecule has 1 aliphatic heterocycles. The molecular weight excluding hydrogens is 268 g/mol. The summed E-state index contributed by atoms with van der Waals surface area (Å²) >= 11 is 0. The molecule has 3 rings (SSSR count). The summed E-state index contributed by atoms with van der Waals surface area (Å²) in [5.41, 5.74) is 2.99. The Labute approximate surface area is 122 Å². The molecule has 0 amide bonds. The number of aldehydes is 1. The first-order valence-corrected chi connectivity index (χ1v) is 6.62. The summed E-state index contributed by atoms with van der Waals surface area (Å²) in [5, 5.41) is 0. The predicted molar refractivity (Wildman–Crippen MR) is 76.5 cm³/mol. The van der Waals surface area contributed by atoms with Crippen LogP contribution in [0.15, 0.2) is 42.5 Å². The molecule has 2 aromatic rings. The van der Waals surface area contributed by atoms with Crippen molar-refractivity contribution in [3.05, 3.63) is 64.7 Å². The summed E-state index contributed by atoms with van der Waals surface area (Å²) in [5.74, 6) is -0.251. The lowest BCUT2D eigenvalue weighted by Crippen LogP contribution is -2.07. The second-order valence-corrected chi connectivity index (χ2v) is 4.85. The summed E-state index contributed by atoms with van der Waals surface area (Å²) in [7, 11) is 1.33. The van der Waals surface area contributed by atoms with Gasteiger partial charge in [0.1, 0.15) is 18.6 Å². The third kappa shape index (κ3) is 2.29. The predicted octanol–water partition coefficient (Wildman–Crippen LogP) is 2.70. The van der Waals surface area contributed by atoms with Crippen LogP contribution in [-0.2, 0) is 16.1 Å². The van der Waals surface area contributed by atoms with Crippen molar-refractivity contribution in [2.75, 3.05) is 7.11 Å². The maximum Gasteiger partial charge on any atom is 0.337 e. The van der Waals surface area contributed by atoms with E-state index in [1.54, 1.807) is 18.2 Å². The summed E-state index contributed by atoms with van der Waals surface area (Å²) < 4.78 is 10.5. The highest BCUT2D eigenvalue weighted by Crippen LogP contribution is 2.36. The van der Waals surface area contributed by atoms with Crippen molar-refractivity contribution in [2.24, 2.45) is 0 Å². The monoisotopic (exact) mass is 282 g/mol. The molecule has 4 nitrogen and oxygen atoms in total. The Morgan fingerprint density at radius 1 is 1.24 bits per heavy atom. The zero-order chi connectivity index (χ0) is 14.8. The van der Waals surface area contributed by atoms with Gasteiger partial charge in [0.05, 0.1) is 18.6 Å². The minimum Gasteiger partial charge on any atom is -0.489 e. The normalized spacial score (nSPS) is 16.0. The molecule has 0 fully saturated rings.